The third kappa shape index (κ3) is 2.79. The molecule has 0 aliphatic carbocycles. The minimum atomic E-state index is -0.550. The topological polar surface area (TPSA) is 75.5 Å². The lowest BCUT2D eigenvalue weighted by molar-refractivity contribution is -0.123. The van der Waals surface area contributed by atoms with E-state index in [0.29, 0.717) is 5.56 Å². The first-order chi connectivity index (χ1) is 9.52. The van der Waals surface area contributed by atoms with Crippen molar-refractivity contribution in [2.45, 2.75) is 19.9 Å². The molecule has 0 spiro atoms. The van der Waals surface area contributed by atoms with E-state index in [2.05, 4.69) is 15.6 Å². The zero-order chi connectivity index (χ0) is 14.7. The Balaban J connectivity index is 2.19. The fourth-order valence-electron chi connectivity index (χ4n) is 1.97. The maximum Gasteiger partial charge on any atom is 0.253 e. The van der Waals surface area contributed by atoms with Gasteiger partial charge >= 0.3 is 0 Å². The molecular weight excluding hydrogens is 256 g/mol. The average Bonchev–Trinajstić information content (AvgIpc) is 2.90. The smallest absolute Gasteiger partial charge is 0.253 e. The van der Waals surface area contributed by atoms with Crippen molar-refractivity contribution in [2.24, 2.45) is 5.92 Å². The summed E-state index contributed by atoms with van der Waals surface area (Å²) in [5, 5.41) is 5.32. The van der Waals surface area contributed by atoms with E-state index in [4.69, 9.17) is 0 Å². The summed E-state index contributed by atoms with van der Waals surface area (Å²) in [7, 11) is 1.56. The Bertz CT molecular complexity index is 633. The van der Waals surface area contributed by atoms with Crippen molar-refractivity contribution < 1.29 is 9.59 Å². The van der Waals surface area contributed by atoms with Crippen molar-refractivity contribution in [3.05, 3.63) is 36.3 Å². The molecule has 0 bridgehead atoms. The second kappa shape index (κ2) is 5.73. The Morgan fingerprint density at radius 2 is 2.05 bits per heavy atom. The minimum Gasteiger partial charge on any atom is -0.357 e. The van der Waals surface area contributed by atoms with Crippen molar-refractivity contribution in [3.8, 4) is 0 Å². The van der Waals surface area contributed by atoms with Gasteiger partial charge in [-0.2, -0.15) is 0 Å². The van der Waals surface area contributed by atoms with Crippen LogP contribution in [0.2, 0.25) is 0 Å². The summed E-state index contributed by atoms with van der Waals surface area (Å²) in [5.74, 6) is -0.462. The molecule has 0 aliphatic rings. The molecule has 6 nitrogen and oxygen atoms in total. The highest BCUT2D eigenvalue weighted by Crippen LogP contribution is 2.07. The summed E-state index contributed by atoms with van der Waals surface area (Å²) >= 11 is 0. The largest absolute Gasteiger partial charge is 0.357 e. The highest BCUT2D eigenvalue weighted by Gasteiger charge is 2.23. The van der Waals surface area contributed by atoms with Crippen molar-refractivity contribution in [3.63, 3.8) is 0 Å². The molecule has 2 rings (SSSR count). The molecule has 0 radical (unpaired) electrons. The third-order valence-electron chi connectivity index (χ3n) is 3.13. The minimum absolute atomic E-state index is 0.0101. The van der Waals surface area contributed by atoms with E-state index in [1.807, 2.05) is 13.8 Å². The van der Waals surface area contributed by atoms with Crippen LogP contribution in [0, 0.1) is 5.92 Å². The lowest BCUT2D eigenvalue weighted by atomic mass is 10.0. The van der Waals surface area contributed by atoms with Crippen LogP contribution in [0.1, 0.15) is 24.2 Å². The van der Waals surface area contributed by atoms with Gasteiger partial charge in [-0.1, -0.05) is 13.8 Å². The van der Waals surface area contributed by atoms with Gasteiger partial charge in [-0.3, -0.25) is 9.59 Å². The number of likely N-dealkylation sites (N-methyl/N-ethyl adjacent to an activating group) is 1. The lowest BCUT2D eigenvalue weighted by Gasteiger charge is -2.20. The maximum absolute atomic E-state index is 12.2. The molecule has 0 saturated carbocycles. The van der Waals surface area contributed by atoms with Gasteiger partial charge in [-0.25, -0.2) is 4.98 Å². The molecule has 2 aromatic rings. The molecule has 0 aromatic carbocycles. The van der Waals surface area contributed by atoms with Crippen LogP contribution in [0.25, 0.3) is 5.65 Å². The van der Waals surface area contributed by atoms with E-state index in [0.717, 1.165) is 5.65 Å². The molecule has 1 unspecified atom stereocenters. The summed E-state index contributed by atoms with van der Waals surface area (Å²) in [6.45, 7) is 3.78. The normalized spacial score (nSPS) is 12.4. The van der Waals surface area contributed by atoms with Gasteiger partial charge in [0.25, 0.3) is 5.91 Å². The molecule has 2 heterocycles. The first kappa shape index (κ1) is 14.0. The second-order valence-electron chi connectivity index (χ2n) is 4.92. The molecule has 20 heavy (non-hydrogen) atoms. The number of carbonyl (C=O) groups is 2. The van der Waals surface area contributed by atoms with Crippen LogP contribution in [0.3, 0.4) is 0 Å². The Hall–Kier alpha value is -2.37. The quantitative estimate of drug-likeness (QED) is 0.867. The molecule has 0 fully saturated rings. The van der Waals surface area contributed by atoms with E-state index in [1.54, 1.807) is 42.2 Å². The number of hydrogen-bond acceptors (Lipinski definition) is 3. The summed E-state index contributed by atoms with van der Waals surface area (Å²) in [6.07, 6.45) is 5.13. The SMILES string of the molecule is CNC(=O)C(NC(=O)c1ccc2nccn2c1)C(C)C. The monoisotopic (exact) mass is 274 g/mol. The van der Waals surface area contributed by atoms with Crippen LogP contribution < -0.4 is 10.6 Å². The number of nitrogens with zero attached hydrogens (tertiary/aromatic N) is 2. The molecule has 2 aromatic heterocycles. The predicted octanol–water partition coefficient (Wildman–Crippen LogP) is 0.835. The van der Waals surface area contributed by atoms with E-state index >= 15 is 0 Å². The molecule has 6 heteroatoms. The summed E-state index contributed by atoms with van der Waals surface area (Å²) in [5.41, 5.74) is 1.26. The predicted molar refractivity (Wildman–Crippen MR) is 75.4 cm³/mol. The van der Waals surface area contributed by atoms with Crippen LogP contribution >= 0.6 is 0 Å². The van der Waals surface area contributed by atoms with Gasteiger partial charge in [0.1, 0.15) is 11.7 Å². The Labute approximate surface area is 117 Å². The number of carbonyl (C=O) groups excluding carboxylic acids is 2. The number of pyridine rings is 1. The molecule has 1 atom stereocenters. The number of fused-ring (bicyclic) bond motifs is 1. The maximum atomic E-state index is 12.2. The van der Waals surface area contributed by atoms with Crippen molar-refractivity contribution in [1.82, 2.24) is 20.0 Å². The second-order valence-corrected chi connectivity index (χ2v) is 4.92. The third-order valence-corrected chi connectivity index (χ3v) is 3.13. The number of rotatable bonds is 4. The standard InChI is InChI=1S/C14H18N4O2/c1-9(2)12(14(20)15-3)17-13(19)10-4-5-11-16-6-7-18(11)8-10/h4-9,12H,1-3H3,(H,15,20)(H,17,19). The number of imidazole rings is 1. The molecular formula is C14H18N4O2. The molecule has 2 N–H and O–H groups in total. The van der Waals surface area contributed by atoms with Crippen molar-refractivity contribution >= 4 is 17.5 Å². The Morgan fingerprint density at radius 3 is 2.70 bits per heavy atom. The highest BCUT2D eigenvalue weighted by molar-refractivity contribution is 5.97. The Kier molecular flexibility index (Phi) is 4.02. The van der Waals surface area contributed by atoms with Crippen LogP contribution in [-0.2, 0) is 4.79 Å². The van der Waals surface area contributed by atoms with E-state index in [1.165, 1.54) is 0 Å². The van der Waals surface area contributed by atoms with Crippen LogP contribution in [0.4, 0.5) is 0 Å². The van der Waals surface area contributed by atoms with E-state index < -0.39 is 6.04 Å². The first-order valence-corrected chi connectivity index (χ1v) is 6.48. The van der Waals surface area contributed by atoms with Gasteiger partial charge in [0.05, 0.1) is 5.56 Å². The van der Waals surface area contributed by atoms with Gasteiger partial charge in [-0.15, -0.1) is 0 Å². The van der Waals surface area contributed by atoms with Crippen LogP contribution in [0.15, 0.2) is 30.7 Å². The van der Waals surface area contributed by atoms with Gasteiger partial charge in [0, 0.05) is 25.6 Å². The number of aromatic nitrogens is 2. The van der Waals surface area contributed by atoms with Crippen LogP contribution in [0.5, 0.6) is 0 Å². The zero-order valence-electron chi connectivity index (χ0n) is 11.8. The summed E-state index contributed by atoms with van der Waals surface area (Å²) < 4.78 is 1.76. The van der Waals surface area contributed by atoms with E-state index in [9.17, 15) is 9.59 Å². The van der Waals surface area contributed by atoms with Crippen molar-refractivity contribution in [1.29, 1.82) is 0 Å². The summed E-state index contributed by atoms with van der Waals surface area (Å²) in [6, 6.07) is 2.91. The molecule has 106 valence electrons. The number of hydrogen-bond donors (Lipinski definition) is 2. The fraction of sp³-hybridized carbons (Fsp3) is 0.357. The van der Waals surface area contributed by atoms with E-state index in [-0.39, 0.29) is 17.7 Å². The van der Waals surface area contributed by atoms with Crippen LogP contribution in [-0.4, -0.2) is 34.3 Å². The highest BCUT2D eigenvalue weighted by atomic mass is 16.2. The average molecular weight is 274 g/mol. The zero-order valence-corrected chi connectivity index (χ0v) is 11.8. The van der Waals surface area contributed by atoms with Gasteiger partial charge < -0.3 is 15.0 Å². The molecule has 0 aliphatic heterocycles. The number of amides is 2. The van der Waals surface area contributed by atoms with Gasteiger partial charge in [0.15, 0.2) is 0 Å². The van der Waals surface area contributed by atoms with Crippen molar-refractivity contribution in [2.75, 3.05) is 7.05 Å². The van der Waals surface area contributed by atoms with Gasteiger partial charge in [-0.05, 0) is 18.1 Å². The summed E-state index contributed by atoms with van der Waals surface area (Å²) in [4.78, 5) is 28.1. The molecule has 0 saturated heterocycles. The van der Waals surface area contributed by atoms with Gasteiger partial charge in [0.2, 0.25) is 5.91 Å². The Morgan fingerprint density at radius 1 is 1.30 bits per heavy atom. The molecule has 2 amide bonds. The lowest BCUT2D eigenvalue weighted by Crippen LogP contribution is -2.48. The first-order valence-electron chi connectivity index (χ1n) is 6.48. The fourth-order valence-corrected chi connectivity index (χ4v) is 1.97. The number of nitrogens with one attached hydrogen (secondary N) is 2.